The summed E-state index contributed by atoms with van der Waals surface area (Å²) in [6, 6.07) is 15.8. The number of rotatable bonds is 5. The lowest BCUT2D eigenvalue weighted by Crippen LogP contribution is -2.56. The molecule has 1 saturated heterocycles. The highest BCUT2D eigenvalue weighted by atomic mass is 16.6. The van der Waals surface area contributed by atoms with Crippen molar-refractivity contribution >= 4 is 18.0 Å². The van der Waals surface area contributed by atoms with Crippen LogP contribution in [0.4, 0.5) is 4.79 Å². The second-order valence-electron chi connectivity index (χ2n) is 7.75. The molecule has 4 rings (SSSR count). The summed E-state index contributed by atoms with van der Waals surface area (Å²) in [5.41, 5.74) is 0.932. The van der Waals surface area contributed by atoms with Crippen LogP contribution in [0, 0.1) is 0 Å². The number of carbonyl (C=O) groups is 3. The molecule has 0 spiro atoms. The smallest absolute Gasteiger partial charge is 0.410 e. The van der Waals surface area contributed by atoms with Crippen molar-refractivity contribution in [2.75, 3.05) is 6.54 Å². The van der Waals surface area contributed by atoms with Crippen molar-refractivity contribution in [3.63, 3.8) is 0 Å². The number of carbonyl (C=O) groups excluding carboxylic acids is 2. The average molecular weight is 408 g/mol. The van der Waals surface area contributed by atoms with Gasteiger partial charge < -0.3 is 15.2 Å². The van der Waals surface area contributed by atoms with E-state index in [1.807, 2.05) is 42.5 Å². The molecular weight excluding hydrogens is 384 g/mol. The second kappa shape index (κ2) is 8.18. The lowest BCUT2D eigenvalue weighted by molar-refractivity contribution is -0.148. The summed E-state index contributed by atoms with van der Waals surface area (Å²) in [6.07, 6.45) is 1.45. The number of aliphatic carboxylic acids is 1. The van der Waals surface area contributed by atoms with Crippen LogP contribution < -0.4 is 5.32 Å². The molecule has 7 heteroatoms. The Bertz CT molecular complexity index is 961. The number of hydrogen-bond donors (Lipinski definition) is 2. The van der Waals surface area contributed by atoms with Gasteiger partial charge in [-0.1, -0.05) is 54.6 Å². The summed E-state index contributed by atoms with van der Waals surface area (Å²) in [7, 11) is 0. The number of nitrogens with zero attached hydrogens (tertiary/aromatic N) is 1. The molecule has 1 heterocycles. The topological polar surface area (TPSA) is 95.9 Å². The first-order valence-corrected chi connectivity index (χ1v) is 10.1. The number of likely N-dealkylation sites (tertiary alicyclic amines) is 1. The molecule has 1 fully saturated rings. The molecule has 0 aromatic heterocycles. The van der Waals surface area contributed by atoms with Crippen molar-refractivity contribution in [1.82, 2.24) is 10.2 Å². The maximum Gasteiger partial charge on any atom is 0.410 e. The van der Waals surface area contributed by atoms with Gasteiger partial charge in [-0.05, 0) is 42.4 Å². The van der Waals surface area contributed by atoms with Crippen molar-refractivity contribution in [2.45, 2.75) is 43.9 Å². The predicted molar refractivity (Wildman–Crippen MR) is 109 cm³/mol. The van der Waals surface area contributed by atoms with Gasteiger partial charge in [0.05, 0.1) is 0 Å². The van der Waals surface area contributed by atoms with Crippen LogP contribution in [0.15, 0.2) is 54.6 Å². The van der Waals surface area contributed by atoms with Gasteiger partial charge in [-0.25, -0.2) is 9.59 Å². The van der Waals surface area contributed by atoms with E-state index in [1.165, 1.54) is 4.90 Å². The quantitative estimate of drug-likeness (QED) is 0.793. The summed E-state index contributed by atoms with van der Waals surface area (Å²) in [5, 5.41) is 12.7. The Morgan fingerprint density at radius 1 is 1.10 bits per heavy atom. The van der Waals surface area contributed by atoms with Crippen LogP contribution >= 0.6 is 0 Å². The highest BCUT2D eigenvalue weighted by Gasteiger charge is 2.48. The van der Waals surface area contributed by atoms with Gasteiger partial charge in [-0.15, -0.1) is 0 Å². The molecule has 2 aromatic rings. The summed E-state index contributed by atoms with van der Waals surface area (Å²) in [6.45, 7) is 0.527. The molecular formula is C23H24N2O5. The highest BCUT2D eigenvalue weighted by Crippen LogP contribution is 2.37. The third kappa shape index (κ3) is 3.63. The molecule has 2 N–H and O–H groups in total. The molecule has 30 heavy (non-hydrogen) atoms. The van der Waals surface area contributed by atoms with E-state index >= 15 is 0 Å². The minimum absolute atomic E-state index is 0.122. The number of carboxylic acid groups (broad SMARTS) is 1. The minimum Gasteiger partial charge on any atom is -0.479 e. The zero-order valence-electron chi connectivity index (χ0n) is 16.5. The van der Waals surface area contributed by atoms with Gasteiger partial charge in [-0.2, -0.15) is 0 Å². The number of amides is 2. The number of benzene rings is 2. The Balaban J connectivity index is 1.47. The van der Waals surface area contributed by atoms with E-state index in [1.54, 1.807) is 12.1 Å². The first kappa shape index (κ1) is 19.9. The Labute approximate surface area is 174 Å². The van der Waals surface area contributed by atoms with Gasteiger partial charge in [0.1, 0.15) is 12.6 Å². The maximum atomic E-state index is 13.1. The number of aryl methyl sites for hydroxylation is 1. The molecule has 2 aromatic carbocycles. The van der Waals surface area contributed by atoms with E-state index in [0.29, 0.717) is 37.8 Å². The summed E-state index contributed by atoms with van der Waals surface area (Å²) in [5.74, 6) is -1.54. The van der Waals surface area contributed by atoms with Crippen LogP contribution in [0.3, 0.4) is 0 Å². The van der Waals surface area contributed by atoms with E-state index in [9.17, 15) is 19.5 Å². The SMILES string of the molecule is O=C(NC1(C(=O)O)CCc2ccccc21)[C@@H]1CCCN1C(=O)OCc1ccccc1. The maximum absolute atomic E-state index is 13.1. The lowest BCUT2D eigenvalue weighted by Gasteiger charge is -2.30. The van der Waals surface area contributed by atoms with Gasteiger partial charge in [0, 0.05) is 6.54 Å². The zero-order chi connectivity index (χ0) is 21.1. The van der Waals surface area contributed by atoms with E-state index in [4.69, 9.17) is 4.74 Å². The van der Waals surface area contributed by atoms with Crippen molar-refractivity contribution < 1.29 is 24.2 Å². The Morgan fingerprint density at radius 2 is 1.83 bits per heavy atom. The molecule has 2 atom stereocenters. The number of hydrogen-bond acceptors (Lipinski definition) is 4. The van der Waals surface area contributed by atoms with Crippen LogP contribution in [0.25, 0.3) is 0 Å². The average Bonchev–Trinajstić information content (AvgIpc) is 3.39. The highest BCUT2D eigenvalue weighted by molar-refractivity contribution is 5.93. The normalized spacial score (nSPS) is 22.4. The Morgan fingerprint density at radius 3 is 2.60 bits per heavy atom. The van der Waals surface area contributed by atoms with Gasteiger partial charge in [-0.3, -0.25) is 9.69 Å². The third-order valence-corrected chi connectivity index (χ3v) is 5.94. The van der Waals surface area contributed by atoms with E-state index < -0.39 is 29.6 Å². The van der Waals surface area contributed by atoms with Crippen LogP contribution in [-0.4, -0.2) is 40.6 Å². The third-order valence-electron chi connectivity index (χ3n) is 5.94. The standard InChI is InChI=1S/C23H24N2O5/c26-20(24-23(21(27)28)13-12-17-9-4-5-10-18(17)23)19-11-6-14-25(19)22(29)30-15-16-7-2-1-3-8-16/h1-5,7-10,19H,6,11-15H2,(H,24,26)(H,27,28)/t19-,23?/m0/s1. The molecule has 7 nitrogen and oxygen atoms in total. The minimum atomic E-state index is -1.46. The van der Waals surface area contributed by atoms with Gasteiger partial charge in [0.2, 0.25) is 5.91 Å². The number of ether oxygens (including phenoxy) is 1. The first-order valence-electron chi connectivity index (χ1n) is 10.1. The number of nitrogens with one attached hydrogen (secondary N) is 1. The molecule has 0 saturated carbocycles. The molecule has 1 aliphatic carbocycles. The van der Waals surface area contributed by atoms with Crippen molar-refractivity contribution in [1.29, 1.82) is 0 Å². The summed E-state index contributed by atoms with van der Waals surface area (Å²) < 4.78 is 5.38. The predicted octanol–water partition coefficient (Wildman–Crippen LogP) is 2.83. The van der Waals surface area contributed by atoms with E-state index in [-0.39, 0.29) is 6.61 Å². The van der Waals surface area contributed by atoms with Crippen LogP contribution in [-0.2, 0) is 32.9 Å². The molecule has 0 radical (unpaired) electrons. The molecule has 0 bridgehead atoms. The largest absolute Gasteiger partial charge is 0.479 e. The molecule has 1 aliphatic heterocycles. The zero-order valence-corrected chi connectivity index (χ0v) is 16.5. The van der Waals surface area contributed by atoms with E-state index in [2.05, 4.69) is 5.32 Å². The fourth-order valence-electron chi connectivity index (χ4n) is 4.37. The lowest BCUT2D eigenvalue weighted by atomic mass is 9.91. The first-order chi connectivity index (χ1) is 14.5. The van der Waals surface area contributed by atoms with Crippen LogP contribution in [0.2, 0.25) is 0 Å². The van der Waals surface area contributed by atoms with Gasteiger partial charge >= 0.3 is 12.1 Å². The molecule has 2 aliphatic rings. The molecule has 1 unspecified atom stereocenters. The monoisotopic (exact) mass is 408 g/mol. The Kier molecular flexibility index (Phi) is 5.44. The molecule has 156 valence electrons. The number of carboxylic acids is 1. The summed E-state index contributed by atoms with van der Waals surface area (Å²) in [4.78, 5) is 39.3. The summed E-state index contributed by atoms with van der Waals surface area (Å²) >= 11 is 0. The van der Waals surface area contributed by atoms with Crippen LogP contribution in [0.1, 0.15) is 36.0 Å². The fourth-order valence-corrected chi connectivity index (χ4v) is 4.37. The Hall–Kier alpha value is -3.35. The van der Waals surface area contributed by atoms with Gasteiger partial charge in [0.15, 0.2) is 5.54 Å². The van der Waals surface area contributed by atoms with Crippen molar-refractivity contribution in [3.8, 4) is 0 Å². The van der Waals surface area contributed by atoms with Crippen LogP contribution in [0.5, 0.6) is 0 Å². The van der Waals surface area contributed by atoms with Crippen molar-refractivity contribution in [2.24, 2.45) is 0 Å². The van der Waals surface area contributed by atoms with Crippen molar-refractivity contribution in [3.05, 3.63) is 71.3 Å². The van der Waals surface area contributed by atoms with E-state index in [0.717, 1.165) is 11.1 Å². The molecule has 2 amide bonds. The fraction of sp³-hybridized carbons (Fsp3) is 0.348. The van der Waals surface area contributed by atoms with Gasteiger partial charge in [0.25, 0.3) is 0 Å². The number of fused-ring (bicyclic) bond motifs is 1. The second-order valence-corrected chi connectivity index (χ2v) is 7.75.